The average Bonchev–Trinajstić information content (AvgIpc) is 3.01. The molecule has 8 heteroatoms. The molecule has 0 N–H and O–H groups in total. The van der Waals surface area contributed by atoms with Gasteiger partial charge in [-0.15, -0.1) is 0 Å². The van der Waals surface area contributed by atoms with Crippen LogP contribution in [0.2, 0.25) is 5.02 Å². The number of benzene rings is 1. The van der Waals surface area contributed by atoms with Gasteiger partial charge in [0, 0.05) is 29.8 Å². The zero-order valence-electron chi connectivity index (χ0n) is 16.4. The summed E-state index contributed by atoms with van der Waals surface area (Å²) in [5.74, 6) is -0.888. The number of carbonyl (C=O) groups is 2. The van der Waals surface area contributed by atoms with Crippen LogP contribution in [0.3, 0.4) is 0 Å². The highest BCUT2D eigenvalue weighted by atomic mass is 35.5. The molecule has 0 aliphatic carbocycles. The fourth-order valence-corrected chi connectivity index (χ4v) is 3.00. The molecule has 7 nitrogen and oxygen atoms in total. The Hall–Kier alpha value is -3.58. The molecule has 0 saturated heterocycles. The van der Waals surface area contributed by atoms with Crippen molar-refractivity contribution in [3.8, 4) is 5.75 Å². The van der Waals surface area contributed by atoms with Gasteiger partial charge in [0.25, 0.3) is 0 Å². The highest BCUT2D eigenvalue weighted by Gasteiger charge is 2.27. The first-order valence-electron chi connectivity index (χ1n) is 8.91. The van der Waals surface area contributed by atoms with Gasteiger partial charge in [-0.3, -0.25) is 4.98 Å². The van der Waals surface area contributed by atoms with Gasteiger partial charge in [-0.25, -0.2) is 9.59 Å². The summed E-state index contributed by atoms with van der Waals surface area (Å²) >= 11 is 6.41. The SMILES string of the molecule is COC(=O)C1=C(C(=O)OC)N(c2ccc(OCc3cccnc3)c(Cl)c2)C=CC=C1. The quantitative estimate of drug-likeness (QED) is 0.650. The highest BCUT2D eigenvalue weighted by molar-refractivity contribution is 6.32. The molecular weight excluding hydrogens is 408 g/mol. The molecule has 0 fully saturated rings. The Labute approximate surface area is 178 Å². The normalized spacial score (nSPS) is 13.1. The van der Waals surface area contributed by atoms with Crippen LogP contribution in [0.15, 0.2) is 78.4 Å². The zero-order chi connectivity index (χ0) is 21.5. The fourth-order valence-electron chi connectivity index (χ4n) is 2.77. The second kappa shape index (κ2) is 9.76. The molecule has 0 spiro atoms. The summed E-state index contributed by atoms with van der Waals surface area (Å²) in [6.45, 7) is 0.306. The second-order valence-corrected chi connectivity index (χ2v) is 6.49. The van der Waals surface area contributed by atoms with E-state index in [9.17, 15) is 9.59 Å². The van der Waals surface area contributed by atoms with Crippen molar-refractivity contribution in [2.24, 2.45) is 0 Å². The van der Waals surface area contributed by atoms with E-state index in [1.807, 2.05) is 12.1 Å². The van der Waals surface area contributed by atoms with Gasteiger partial charge in [-0.1, -0.05) is 23.7 Å². The molecule has 1 aromatic carbocycles. The number of ether oxygens (including phenoxy) is 3. The number of anilines is 1. The number of allylic oxidation sites excluding steroid dienone is 2. The van der Waals surface area contributed by atoms with E-state index >= 15 is 0 Å². The van der Waals surface area contributed by atoms with Crippen molar-refractivity contribution < 1.29 is 23.8 Å². The van der Waals surface area contributed by atoms with Crippen molar-refractivity contribution in [3.63, 3.8) is 0 Å². The molecular formula is C22H19ClN2O5. The summed E-state index contributed by atoms with van der Waals surface area (Å²) in [7, 11) is 2.48. The van der Waals surface area contributed by atoms with Crippen LogP contribution in [0, 0.1) is 0 Å². The maximum absolute atomic E-state index is 12.5. The van der Waals surface area contributed by atoms with Crippen molar-refractivity contribution in [1.82, 2.24) is 4.98 Å². The van der Waals surface area contributed by atoms with E-state index < -0.39 is 11.9 Å². The number of esters is 2. The van der Waals surface area contributed by atoms with Crippen LogP contribution < -0.4 is 9.64 Å². The molecule has 2 heterocycles. The van der Waals surface area contributed by atoms with Crippen LogP contribution in [0.5, 0.6) is 5.75 Å². The standard InChI is InChI=1S/C22H19ClN2O5/c1-28-21(26)17-7-3-4-11-25(20(17)22(27)29-2)16-8-9-19(18(23)12-16)30-14-15-6-5-10-24-13-15/h3-13H,14H2,1-2H3. The van der Waals surface area contributed by atoms with Gasteiger partial charge < -0.3 is 19.1 Å². The molecule has 1 aromatic heterocycles. The van der Waals surface area contributed by atoms with Gasteiger partial charge in [0.05, 0.1) is 24.8 Å². The molecule has 0 bridgehead atoms. The summed E-state index contributed by atoms with van der Waals surface area (Å²) in [5.41, 5.74) is 1.50. The van der Waals surface area contributed by atoms with E-state index in [-0.39, 0.29) is 11.3 Å². The Morgan fingerprint density at radius 1 is 1.10 bits per heavy atom. The van der Waals surface area contributed by atoms with Crippen LogP contribution in [-0.4, -0.2) is 31.1 Å². The van der Waals surface area contributed by atoms with Crippen molar-refractivity contribution in [1.29, 1.82) is 0 Å². The summed E-state index contributed by atoms with van der Waals surface area (Å²) in [5, 5.41) is 0.339. The molecule has 3 rings (SSSR count). The minimum atomic E-state index is -0.695. The largest absolute Gasteiger partial charge is 0.487 e. The third-order valence-corrected chi connectivity index (χ3v) is 4.50. The molecule has 2 aromatic rings. The van der Waals surface area contributed by atoms with Gasteiger partial charge >= 0.3 is 11.9 Å². The van der Waals surface area contributed by atoms with Gasteiger partial charge in [0.2, 0.25) is 0 Å². The minimum Gasteiger partial charge on any atom is -0.487 e. The lowest BCUT2D eigenvalue weighted by atomic mass is 10.1. The third kappa shape index (κ3) is 4.69. The van der Waals surface area contributed by atoms with E-state index in [2.05, 4.69) is 4.98 Å². The van der Waals surface area contributed by atoms with Gasteiger partial charge in [0.1, 0.15) is 18.1 Å². The Bertz CT molecular complexity index is 1030. The minimum absolute atomic E-state index is 0.00875. The van der Waals surface area contributed by atoms with Crippen LogP contribution in [0.1, 0.15) is 5.56 Å². The van der Waals surface area contributed by atoms with E-state index in [1.54, 1.807) is 48.9 Å². The number of halogens is 1. The predicted molar refractivity (Wildman–Crippen MR) is 112 cm³/mol. The van der Waals surface area contributed by atoms with Crippen LogP contribution in [0.4, 0.5) is 5.69 Å². The zero-order valence-corrected chi connectivity index (χ0v) is 17.1. The average molecular weight is 427 g/mol. The van der Waals surface area contributed by atoms with Crippen LogP contribution >= 0.6 is 11.6 Å². The summed E-state index contributed by atoms with van der Waals surface area (Å²) in [4.78, 5) is 30.3. The molecule has 0 radical (unpaired) electrons. The van der Waals surface area contributed by atoms with Gasteiger partial charge in [-0.05, 0) is 36.4 Å². The molecule has 1 aliphatic rings. The van der Waals surface area contributed by atoms with Crippen LogP contribution in [-0.2, 0) is 25.7 Å². The van der Waals surface area contributed by atoms with E-state index in [0.29, 0.717) is 23.1 Å². The van der Waals surface area contributed by atoms with Crippen molar-refractivity contribution in [2.75, 3.05) is 19.1 Å². The summed E-state index contributed by atoms with van der Waals surface area (Å²) in [6.07, 6.45) is 9.81. The first-order chi connectivity index (χ1) is 14.5. The first kappa shape index (κ1) is 21.1. The molecule has 0 amide bonds. The lowest BCUT2D eigenvalue weighted by molar-refractivity contribution is -0.139. The third-order valence-electron chi connectivity index (χ3n) is 4.20. The van der Waals surface area contributed by atoms with Gasteiger partial charge in [-0.2, -0.15) is 0 Å². The highest BCUT2D eigenvalue weighted by Crippen LogP contribution is 2.33. The molecule has 30 heavy (non-hydrogen) atoms. The fraction of sp³-hybridized carbons (Fsp3) is 0.136. The Morgan fingerprint density at radius 3 is 2.57 bits per heavy atom. The second-order valence-electron chi connectivity index (χ2n) is 6.08. The number of carbonyl (C=O) groups excluding carboxylic acids is 2. The molecule has 1 aliphatic heterocycles. The topological polar surface area (TPSA) is 78.0 Å². The molecule has 0 atom stereocenters. The van der Waals surface area contributed by atoms with Crippen molar-refractivity contribution in [3.05, 3.63) is 89.0 Å². The predicted octanol–water partition coefficient (Wildman–Crippen LogP) is 3.80. The first-order valence-corrected chi connectivity index (χ1v) is 9.29. The number of hydrogen-bond donors (Lipinski definition) is 0. The maximum Gasteiger partial charge on any atom is 0.355 e. The Balaban J connectivity index is 1.93. The monoisotopic (exact) mass is 426 g/mol. The van der Waals surface area contributed by atoms with Crippen molar-refractivity contribution in [2.45, 2.75) is 6.61 Å². The lowest BCUT2D eigenvalue weighted by Gasteiger charge is -2.23. The van der Waals surface area contributed by atoms with E-state index in [1.165, 1.54) is 25.2 Å². The van der Waals surface area contributed by atoms with E-state index in [0.717, 1.165) is 5.56 Å². The summed E-state index contributed by atoms with van der Waals surface area (Å²) < 4.78 is 15.5. The number of methoxy groups -OCH3 is 2. The number of rotatable bonds is 6. The number of nitrogens with zero attached hydrogens (tertiary/aromatic N) is 2. The number of aromatic nitrogens is 1. The lowest BCUT2D eigenvalue weighted by Crippen LogP contribution is -2.26. The molecule has 0 unspecified atom stereocenters. The Kier molecular flexibility index (Phi) is 6.87. The molecule has 154 valence electrons. The summed E-state index contributed by atoms with van der Waals surface area (Å²) in [6, 6.07) is 8.76. The maximum atomic E-state index is 12.5. The van der Waals surface area contributed by atoms with Crippen LogP contribution in [0.25, 0.3) is 0 Å². The van der Waals surface area contributed by atoms with Gasteiger partial charge in [0.15, 0.2) is 0 Å². The van der Waals surface area contributed by atoms with E-state index in [4.69, 9.17) is 25.8 Å². The number of pyridine rings is 1. The smallest absolute Gasteiger partial charge is 0.355 e. The number of hydrogen-bond acceptors (Lipinski definition) is 7. The van der Waals surface area contributed by atoms with Crippen molar-refractivity contribution >= 4 is 29.2 Å². The molecule has 0 saturated carbocycles. The Morgan fingerprint density at radius 2 is 1.90 bits per heavy atom.